The summed E-state index contributed by atoms with van der Waals surface area (Å²) in [5, 5.41) is 4.03. The average molecular weight is 498 g/mol. The summed E-state index contributed by atoms with van der Waals surface area (Å²) >= 11 is 8.24. The van der Waals surface area contributed by atoms with Crippen LogP contribution in [0.25, 0.3) is 0 Å². The molecule has 3 rings (SSSR count). The van der Waals surface area contributed by atoms with Gasteiger partial charge in [-0.3, -0.25) is 0 Å². The van der Waals surface area contributed by atoms with Crippen LogP contribution in [0.1, 0.15) is 11.1 Å². The molecule has 0 radical (unpaired) electrons. The van der Waals surface area contributed by atoms with Gasteiger partial charge >= 0.3 is 0 Å². The van der Waals surface area contributed by atoms with Gasteiger partial charge in [0.05, 0.1) is 10.7 Å². The molecule has 3 aromatic rings. The van der Waals surface area contributed by atoms with Crippen LogP contribution >= 0.6 is 34.2 Å². The van der Waals surface area contributed by atoms with Crippen LogP contribution in [0.5, 0.6) is 11.5 Å². The van der Waals surface area contributed by atoms with Crippen molar-refractivity contribution in [2.45, 2.75) is 13.2 Å². The van der Waals surface area contributed by atoms with Gasteiger partial charge in [0, 0.05) is 17.3 Å². The second-order valence-corrected chi connectivity index (χ2v) is 7.49. The topological polar surface area (TPSA) is 30.5 Å². The third-order valence-corrected chi connectivity index (χ3v) is 4.94. The number of benzene rings is 3. The summed E-state index contributed by atoms with van der Waals surface area (Å²) in [4.78, 5) is 0. The standard InChI is InChI=1S/C21H18ClFINO2/c1-26-20-10-15(12-25-18-4-2-3-16(22)11-18)9-19(24)21(20)27-13-14-5-7-17(23)8-6-14/h2-11,25H,12-13H2,1H3. The van der Waals surface area contributed by atoms with E-state index in [9.17, 15) is 4.39 Å². The second-order valence-electron chi connectivity index (χ2n) is 5.89. The van der Waals surface area contributed by atoms with Crippen molar-refractivity contribution < 1.29 is 13.9 Å². The minimum absolute atomic E-state index is 0.262. The molecule has 0 spiro atoms. The molecule has 140 valence electrons. The van der Waals surface area contributed by atoms with Gasteiger partial charge in [-0.1, -0.05) is 29.8 Å². The monoisotopic (exact) mass is 497 g/mol. The smallest absolute Gasteiger partial charge is 0.174 e. The molecule has 0 bridgehead atoms. The van der Waals surface area contributed by atoms with Crippen LogP contribution in [0.4, 0.5) is 10.1 Å². The average Bonchev–Trinajstić information content (AvgIpc) is 2.66. The zero-order chi connectivity index (χ0) is 19.2. The Hall–Kier alpha value is -1.99. The van der Waals surface area contributed by atoms with Gasteiger partial charge in [0.1, 0.15) is 12.4 Å². The van der Waals surface area contributed by atoms with Gasteiger partial charge in [-0.2, -0.15) is 0 Å². The molecule has 0 aliphatic rings. The Balaban J connectivity index is 1.71. The van der Waals surface area contributed by atoms with Crippen molar-refractivity contribution in [2.24, 2.45) is 0 Å². The van der Waals surface area contributed by atoms with Crippen molar-refractivity contribution in [3.05, 3.63) is 86.2 Å². The first-order chi connectivity index (χ1) is 13.0. The third kappa shape index (κ3) is 5.49. The molecule has 6 heteroatoms. The van der Waals surface area contributed by atoms with Gasteiger partial charge in [0.25, 0.3) is 0 Å². The summed E-state index contributed by atoms with van der Waals surface area (Å²) in [6.45, 7) is 0.970. The lowest BCUT2D eigenvalue weighted by Gasteiger charge is -2.15. The van der Waals surface area contributed by atoms with Crippen molar-refractivity contribution in [3.63, 3.8) is 0 Å². The fraction of sp³-hybridized carbons (Fsp3) is 0.143. The molecule has 0 fully saturated rings. The van der Waals surface area contributed by atoms with Crippen LogP contribution in [0.15, 0.2) is 60.7 Å². The normalized spacial score (nSPS) is 10.5. The molecule has 0 unspecified atom stereocenters. The first-order valence-electron chi connectivity index (χ1n) is 8.28. The fourth-order valence-corrected chi connectivity index (χ4v) is 3.57. The second kappa shape index (κ2) is 9.28. The molecule has 27 heavy (non-hydrogen) atoms. The van der Waals surface area contributed by atoms with Crippen LogP contribution in [0.2, 0.25) is 5.02 Å². The van der Waals surface area contributed by atoms with E-state index in [0.717, 1.165) is 20.4 Å². The van der Waals surface area contributed by atoms with E-state index in [2.05, 4.69) is 27.9 Å². The van der Waals surface area contributed by atoms with Crippen LogP contribution in [0, 0.1) is 9.39 Å². The summed E-state index contributed by atoms with van der Waals surface area (Å²) in [6, 6.07) is 17.8. The maximum absolute atomic E-state index is 13.0. The van der Waals surface area contributed by atoms with Gasteiger partial charge < -0.3 is 14.8 Å². The van der Waals surface area contributed by atoms with Crippen LogP contribution in [-0.4, -0.2) is 7.11 Å². The van der Waals surface area contributed by atoms with Crippen molar-refractivity contribution in [1.29, 1.82) is 0 Å². The zero-order valence-corrected chi connectivity index (χ0v) is 17.6. The zero-order valence-electron chi connectivity index (χ0n) is 14.6. The van der Waals surface area contributed by atoms with Crippen LogP contribution < -0.4 is 14.8 Å². The van der Waals surface area contributed by atoms with Gasteiger partial charge in [-0.05, 0) is 76.2 Å². The van der Waals surface area contributed by atoms with E-state index in [0.29, 0.717) is 29.7 Å². The van der Waals surface area contributed by atoms with Crippen molar-refractivity contribution >= 4 is 39.9 Å². The molecule has 1 N–H and O–H groups in total. The molecular weight excluding hydrogens is 480 g/mol. The lowest BCUT2D eigenvalue weighted by atomic mass is 10.2. The highest BCUT2D eigenvalue weighted by Crippen LogP contribution is 2.35. The molecule has 0 atom stereocenters. The molecule has 3 aromatic carbocycles. The molecule has 0 aliphatic carbocycles. The number of hydrogen-bond donors (Lipinski definition) is 1. The van der Waals surface area contributed by atoms with E-state index in [4.69, 9.17) is 21.1 Å². The summed E-state index contributed by atoms with van der Waals surface area (Å²) < 4.78 is 25.4. The lowest BCUT2D eigenvalue weighted by Crippen LogP contribution is -2.03. The Kier molecular flexibility index (Phi) is 6.79. The van der Waals surface area contributed by atoms with E-state index < -0.39 is 0 Å². The highest BCUT2D eigenvalue weighted by molar-refractivity contribution is 14.1. The largest absolute Gasteiger partial charge is 0.493 e. The molecule has 0 saturated heterocycles. The van der Waals surface area contributed by atoms with E-state index in [1.807, 2.05) is 36.4 Å². The van der Waals surface area contributed by atoms with Gasteiger partial charge in [-0.15, -0.1) is 0 Å². The van der Waals surface area contributed by atoms with Gasteiger partial charge in [0.2, 0.25) is 0 Å². The Morgan fingerprint density at radius 2 is 1.81 bits per heavy atom. The van der Waals surface area contributed by atoms with Gasteiger partial charge in [0.15, 0.2) is 11.5 Å². The number of nitrogens with one attached hydrogen (secondary N) is 1. The maximum Gasteiger partial charge on any atom is 0.174 e. The Bertz CT molecular complexity index is 919. The third-order valence-electron chi connectivity index (χ3n) is 3.91. The molecule has 0 heterocycles. The number of hydrogen-bond acceptors (Lipinski definition) is 3. The molecule has 0 amide bonds. The number of halogens is 3. The minimum Gasteiger partial charge on any atom is -0.493 e. The Morgan fingerprint density at radius 1 is 1.04 bits per heavy atom. The maximum atomic E-state index is 13.0. The SMILES string of the molecule is COc1cc(CNc2cccc(Cl)c2)cc(I)c1OCc1ccc(F)cc1. The van der Waals surface area contributed by atoms with Gasteiger partial charge in [-0.25, -0.2) is 4.39 Å². The summed E-state index contributed by atoms with van der Waals surface area (Å²) in [5.41, 5.74) is 2.90. The first kappa shape index (κ1) is 19.8. The summed E-state index contributed by atoms with van der Waals surface area (Å²) in [5.74, 6) is 1.07. The fourth-order valence-electron chi connectivity index (χ4n) is 2.55. The van der Waals surface area contributed by atoms with Crippen molar-refractivity contribution in [3.8, 4) is 11.5 Å². The summed E-state index contributed by atoms with van der Waals surface area (Å²) in [7, 11) is 1.62. The predicted molar refractivity (Wildman–Crippen MR) is 115 cm³/mol. The number of anilines is 1. The molecule has 0 aliphatic heterocycles. The quantitative estimate of drug-likeness (QED) is 0.390. The highest BCUT2D eigenvalue weighted by Gasteiger charge is 2.12. The Labute approximate surface area is 176 Å². The molecule has 0 saturated carbocycles. The summed E-state index contributed by atoms with van der Waals surface area (Å²) in [6.07, 6.45) is 0. The number of methoxy groups -OCH3 is 1. The van der Waals surface area contributed by atoms with Crippen molar-refractivity contribution in [2.75, 3.05) is 12.4 Å². The van der Waals surface area contributed by atoms with Crippen LogP contribution in [-0.2, 0) is 13.2 Å². The highest BCUT2D eigenvalue weighted by atomic mass is 127. The van der Waals surface area contributed by atoms with Crippen molar-refractivity contribution in [1.82, 2.24) is 0 Å². The van der Waals surface area contributed by atoms with E-state index >= 15 is 0 Å². The molecule has 3 nitrogen and oxygen atoms in total. The first-order valence-corrected chi connectivity index (χ1v) is 9.74. The molecular formula is C21H18ClFINO2. The predicted octanol–water partition coefficient (Wildman–Crippen LogP) is 6.28. The number of rotatable bonds is 7. The molecule has 0 aromatic heterocycles. The number of ether oxygens (including phenoxy) is 2. The van der Waals surface area contributed by atoms with E-state index in [1.165, 1.54) is 12.1 Å². The van der Waals surface area contributed by atoms with E-state index in [-0.39, 0.29) is 5.82 Å². The minimum atomic E-state index is -0.262. The Morgan fingerprint density at radius 3 is 2.52 bits per heavy atom. The van der Waals surface area contributed by atoms with E-state index in [1.54, 1.807) is 19.2 Å². The lowest BCUT2D eigenvalue weighted by molar-refractivity contribution is 0.282. The van der Waals surface area contributed by atoms with Crippen LogP contribution in [0.3, 0.4) is 0 Å².